The van der Waals surface area contributed by atoms with Gasteiger partial charge in [-0.05, 0) is 36.8 Å². The molecule has 0 bridgehead atoms. The number of nitro benzene ring substituents is 1. The monoisotopic (exact) mass is 474 g/mol. The minimum Gasteiger partial charge on any atom is -0.292 e. The number of rotatable bonds is 7. The zero-order valence-electron chi connectivity index (χ0n) is 17.9. The molecule has 0 fully saturated rings. The third kappa shape index (κ3) is 4.99. The quantitative estimate of drug-likeness (QED) is 0.244. The van der Waals surface area contributed by atoms with Gasteiger partial charge >= 0.3 is 0 Å². The first-order chi connectivity index (χ1) is 16.4. The van der Waals surface area contributed by atoms with Crippen molar-refractivity contribution in [1.29, 1.82) is 0 Å². The fourth-order valence-corrected chi connectivity index (χ4v) is 3.95. The van der Waals surface area contributed by atoms with Gasteiger partial charge in [-0.15, -0.1) is 10.2 Å². The van der Waals surface area contributed by atoms with Crippen molar-refractivity contribution >= 4 is 29.3 Å². The molecular weight excluding hydrogens is 456 g/mol. The van der Waals surface area contributed by atoms with Crippen LogP contribution in [0.2, 0.25) is 0 Å². The number of carbonyl (C=O) groups is 2. The Kier molecular flexibility index (Phi) is 6.74. The number of amides is 2. The molecule has 34 heavy (non-hydrogen) atoms. The summed E-state index contributed by atoms with van der Waals surface area (Å²) in [5, 5.41) is 22.2. The van der Waals surface area contributed by atoms with E-state index in [-0.39, 0.29) is 17.0 Å². The van der Waals surface area contributed by atoms with Crippen LogP contribution in [0.5, 0.6) is 0 Å². The highest BCUT2D eigenvalue weighted by Gasteiger charge is 2.20. The first kappa shape index (κ1) is 22.8. The van der Waals surface area contributed by atoms with Gasteiger partial charge in [-0.1, -0.05) is 36.0 Å². The summed E-state index contributed by atoms with van der Waals surface area (Å²) in [7, 11) is 0. The fraction of sp³-hybridized carbons (Fsp3) is 0.0870. The van der Waals surface area contributed by atoms with Gasteiger partial charge in [-0.25, -0.2) is 0 Å². The number of nitrogens with zero attached hydrogens (tertiary/aromatic N) is 5. The molecule has 2 amide bonds. The molecule has 1 N–H and O–H groups in total. The van der Waals surface area contributed by atoms with Crippen molar-refractivity contribution in [3.8, 4) is 17.1 Å². The Morgan fingerprint density at radius 1 is 1.09 bits per heavy atom. The number of benzene rings is 2. The maximum absolute atomic E-state index is 12.5. The number of pyridine rings is 1. The molecule has 0 atom stereocenters. The van der Waals surface area contributed by atoms with E-state index in [1.165, 1.54) is 18.2 Å². The molecule has 0 spiro atoms. The molecule has 0 unspecified atom stereocenters. The lowest BCUT2D eigenvalue weighted by atomic mass is 10.2. The van der Waals surface area contributed by atoms with Crippen molar-refractivity contribution in [2.75, 3.05) is 5.75 Å². The van der Waals surface area contributed by atoms with Crippen LogP contribution >= 0.6 is 11.8 Å². The second-order valence-corrected chi connectivity index (χ2v) is 8.09. The lowest BCUT2D eigenvalue weighted by molar-refractivity contribution is -0.384. The average Bonchev–Trinajstić information content (AvgIpc) is 3.27. The van der Waals surface area contributed by atoms with Gasteiger partial charge in [0.15, 0.2) is 11.0 Å². The number of para-hydroxylation sites is 1. The van der Waals surface area contributed by atoms with Crippen molar-refractivity contribution in [1.82, 2.24) is 25.1 Å². The largest absolute Gasteiger partial charge is 0.292 e. The normalized spacial score (nSPS) is 10.6. The number of carbonyl (C=O) groups excluding carboxylic acids is 2. The van der Waals surface area contributed by atoms with Crippen LogP contribution in [0.1, 0.15) is 15.9 Å². The van der Waals surface area contributed by atoms with Crippen LogP contribution in [0.3, 0.4) is 0 Å². The van der Waals surface area contributed by atoms with Gasteiger partial charge in [0, 0.05) is 35.7 Å². The van der Waals surface area contributed by atoms with E-state index in [0.717, 1.165) is 34.6 Å². The Morgan fingerprint density at radius 2 is 1.91 bits per heavy atom. The van der Waals surface area contributed by atoms with Gasteiger partial charge in [0.1, 0.15) is 0 Å². The van der Waals surface area contributed by atoms with Crippen molar-refractivity contribution in [3.05, 3.63) is 94.3 Å². The second-order valence-electron chi connectivity index (χ2n) is 7.14. The molecule has 0 aliphatic heterocycles. The van der Waals surface area contributed by atoms with E-state index in [4.69, 9.17) is 0 Å². The third-order valence-corrected chi connectivity index (χ3v) is 5.74. The Hall–Kier alpha value is -4.38. The van der Waals surface area contributed by atoms with E-state index in [0.29, 0.717) is 11.0 Å². The van der Waals surface area contributed by atoms with Crippen LogP contribution in [0.15, 0.2) is 78.2 Å². The molecule has 0 aliphatic carbocycles. The molecule has 2 heterocycles. The molecule has 0 saturated heterocycles. The number of thioether (sulfide) groups is 1. The smallest absolute Gasteiger partial charge is 0.270 e. The van der Waals surface area contributed by atoms with Gasteiger partial charge in [-0.2, -0.15) is 0 Å². The van der Waals surface area contributed by atoms with Gasteiger partial charge in [0.2, 0.25) is 5.91 Å². The number of hydrogen-bond acceptors (Lipinski definition) is 8. The maximum Gasteiger partial charge on any atom is 0.270 e. The van der Waals surface area contributed by atoms with E-state index < -0.39 is 16.7 Å². The summed E-state index contributed by atoms with van der Waals surface area (Å²) in [6, 6.07) is 16.5. The number of hydrogen-bond donors (Lipinski definition) is 1. The molecule has 11 heteroatoms. The topological polar surface area (TPSA) is 133 Å². The lowest BCUT2D eigenvalue weighted by Gasteiger charge is -2.12. The molecular formula is C23H18N6O4S. The highest BCUT2D eigenvalue weighted by Crippen LogP contribution is 2.29. The molecule has 2 aromatic carbocycles. The Balaban J connectivity index is 1.54. The van der Waals surface area contributed by atoms with Crippen LogP contribution in [-0.4, -0.2) is 42.2 Å². The fourth-order valence-electron chi connectivity index (χ4n) is 3.20. The second kappa shape index (κ2) is 10.0. The Bertz CT molecular complexity index is 1370. The van der Waals surface area contributed by atoms with Gasteiger partial charge in [0.05, 0.1) is 16.4 Å². The van der Waals surface area contributed by atoms with E-state index in [1.807, 2.05) is 41.8 Å². The number of non-ortho nitro benzene ring substituents is 1. The summed E-state index contributed by atoms with van der Waals surface area (Å²) in [6.07, 6.45) is 3.34. The van der Waals surface area contributed by atoms with Gasteiger partial charge in [-0.3, -0.25) is 34.6 Å². The first-order valence-corrected chi connectivity index (χ1v) is 11.1. The van der Waals surface area contributed by atoms with E-state index >= 15 is 0 Å². The summed E-state index contributed by atoms with van der Waals surface area (Å²) >= 11 is 1.12. The number of aromatic nitrogens is 4. The van der Waals surface area contributed by atoms with Crippen molar-refractivity contribution < 1.29 is 14.5 Å². The van der Waals surface area contributed by atoms with Crippen molar-refractivity contribution in [2.45, 2.75) is 12.1 Å². The van der Waals surface area contributed by atoms with Gasteiger partial charge in [0.25, 0.3) is 11.6 Å². The van der Waals surface area contributed by atoms with Crippen molar-refractivity contribution in [2.24, 2.45) is 0 Å². The maximum atomic E-state index is 12.5. The molecule has 0 radical (unpaired) electrons. The minimum atomic E-state index is -0.717. The number of imide groups is 1. The summed E-state index contributed by atoms with van der Waals surface area (Å²) in [5.41, 5.74) is 2.38. The van der Waals surface area contributed by atoms with Crippen LogP contribution in [-0.2, 0) is 4.79 Å². The van der Waals surface area contributed by atoms with Crippen LogP contribution in [0.4, 0.5) is 5.69 Å². The molecule has 0 saturated carbocycles. The molecule has 2 aromatic heterocycles. The molecule has 4 aromatic rings. The minimum absolute atomic E-state index is 0.0227. The standard InChI is InChI=1S/C23H18N6O4S/c1-15-6-2-3-10-19(15)28-21(17-8-5-11-24-13-17)26-27-23(28)34-14-20(30)25-22(31)16-7-4-9-18(12-16)29(32)33/h2-13H,14H2,1H3,(H,25,30,31). The first-order valence-electron chi connectivity index (χ1n) is 10.1. The lowest BCUT2D eigenvalue weighted by Crippen LogP contribution is -2.31. The summed E-state index contributed by atoms with van der Waals surface area (Å²) in [6.45, 7) is 1.96. The Morgan fingerprint density at radius 3 is 2.65 bits per heavy atom. The van der Waals surface area contributed by atoms with Crippen LogP contribution < -0.4 is 5.32 Å². The van der Waals surface area contributed by atoms with Crippen LogP contribution in [0, 0.1) is 17.0 Å². The number of nitro groups is 1. The molecule has 170 valence electrons. The molecule has 0 aliphatic rings. The SMILES string of the molecule is Cc1ccccc1-n1c(SCC(=O)NC(=O)c2cccc([N+](=O)[O-])c2)nnc1-c1cccnc1. The third-order valence-electron chi connectivity index (χ3n) is 4.81. The van der Waals surface area contributed by atoms with E-state index in [1.54, 1.807) is 18.5 Å². The average molecular weight is 475 g/mol. The van der Waals surface area contributed by atoms with Crippen molar-refractivity contribution in [3.63, 3.8) is 0 Å². The molecule has 4 rings (SSSR count). The van der Waals surface area contributed by atoms with Gasteiger partial charge < -0.3 is 0 Å². The number of nitrogens with one attached hydrogen (secondary N) is 1. The Labute approximate surface area is 198 Å². The molecule has 10 nitrogen and oxygen atoms in total. The summed E-state index contributed by atoms with van der Waals surface area (Å²) < 4.78 is 1.84. The zero-order chi connectivity index (χ0) is 24.1. The van der Waals surface area contributed by atoms with E-state index in [9.17, 15) is 19.7 Å². The highest BCUT2D eigenvalue weighted by atomic mass is 32.2. The predicted octanol–water partition coefficient (Wildman–Crippen LogP) is 3.59. The number of aryl methyl sites for hydroxylation is 1. The summed E-state index contributed by atoms with van der Waals surface area (Å²) in [5.74, 6) is -0.829. The van der Waals surface area contributed by atoms with E-state index in [2.05, 4.69) is 20.5 Å². The summed E-state index contributed by atoms with van der Waals surface area (Å²) in [4.78, 5) is 39.3. The zero-order valence-corrected chi connectivity index (χ0v) is 18.7. The highest BCUT2D eigenvalue weighted by molar-refractivity contribution is 7.99. The van der Waals surface area contributed by atoms with Crippen LogP contribution in [0.25, 0.3) is 17.1 Å². The predicted molar refractivity (Wildman–Crippen MR) is 126 cm³/mol.